The van der Waals surface area contributed by atoms with E-state index in [0.29, 0.717) is 5.04 Å². The highest BCUT2D eigenvalue weighted by Gasteiger charge is 2.36. The van der Waals surface area contributed by atoms with Crippen LogP contribution in [0.25, 0.3) is 0 Å². The van der Waals surface area contributed by atoms with Gasteiger partial charge in [-0.05, 0) is 49.9 Å². The largest absolute Gasteiger partial charge is 0.417 e. The van der Waals surface area contributed by atoms with E-state index in [0.717, 1.165) is 32.5 Å². The third kappa shape index (κ3) is 5.19. The van der Waals surface area contributed by atoms with E-state index in [9.17, 15) is 0 Å². The molecule has 1 atom stereocenters. The van der Waals surface area contributed by atoms with Crippen molar-refractivity contribution in [2.45, 2.75) is 71.2 Å². The van der Waals surface area contributed by atoms with Crippen LogP contribution in [0.5, 0.6) is 0 Å². The first-order valence-corrected chi connectivity index (χ1v) is 10.6. The molecule has 1 heterocycles. The summed E-state index contributed by atoms with van der Waals surface area (Å²) >= 11 is 0. The first kappa shape index (κ1) is 17.7. The lowest BCUT2D eigenvalue weighted by Gasteiger charge is -2.36. The maximum absolute atomic E-state index is 6.22. The second kappa shape index (κ2) is 7.06. The fraction of sp³-hybridized carbons (Fsp3) is 0.765. The molecule has 0 saturated carbocycles. The van der Waals surface area contributed by atoms with Gasteiger partial charge in [0.25, 0.3) is 0 Å². The highest BCUT2D eigenvalue weighted by atomic mass is 28.4. The summed E-state index contributed by atoms with van der Waals surface area (Å²) in [6.45, 7) is 19.2. The van der Waals surface area contributed by atoms with Gasteiger partial charge in [0.2, 0.25) is 0 Å². The normalized spacial score (nSPS) is 20.1. The van der Waals surface area contributed by atoms with E-state index in [-0.39, 0.29) is 6.10 Å². The number of rotatable bonds is 7. The molecule has 1 aliphatic rings. The van der Waals surface area contributed by atoms with Gasteiger partial charge in [-0.3, -0.25) is 0 Å². The van der Waals surface area contributed by atoms with Gasteiger partial charge in [0, 0.05) is 6.61 Å². The average molecular weight is 297 g/mol. The monoisotopic (exact) mass is 296 g/mol. The quantitative estimate of drug-likeness (QED) is 0.370. The van der Waals surface area contributed by atoms with Crippen molar-refractivity contribution in [3.8, 4) is 0 Å². The summed E-state index contributed by atoms with van der Waals surface area (Å²) in [5.41, 5.74) is 2.62. The fourth-order valence-corrected chi connectivity index (χ4v) is 3.21. The maximum atomic E-state index is 6.22. The van der Waals surface area contributed by atoms with Crippen molar-refractivity contribution in [1.82, 2.24) is 0 Å². The number of allylic oxidation sites excluding steroid dienone is 1. The zero-order valence-corrected chi connectivity index (χ0v) is 15.2. The van der Waals surface area contributed by atoms with E-state index >= 15 is 0 Å². The SMILES string of the molecule is C=C(C)CC1=CCOC1CCCO[Si](C)(C)C(C)(C)C. The minimum atomic E-state index is -1.59. The van der Waals surface area contributed by atoms with Gasteiger partial charge >= 0.3 is 0 Å². The van der Waals surface area contributed by atoms with Gasteiger partial charge in [-0.2, -0.15) is 0 Å². The number of hydrogen-bond acceptors (Lipinski definition) is 2. The summed E-state index contributed by atoms with van der Waals surface area (Å²) in [6, 6.07) is 0. The third-order valence-corrected chi connectivity index (χ3v) is 8.98. The summed E-state index contributed by atoms with van der Waals surface area (Å²) in [5, 5.41) is 0.294. The average Bonchev–Trinajstić information content (AvgIpc) is 2.69. The maximum Gasteiger partial charge on any atom is 0.191 e. The Kier molecular flexibility index (Phi) is 6.23. The number of ether oxygens (including phenoxy) is 1. The van der Waals surface area contributed by atoms with Gasteiger partial charge in [0.1, 0.15) is 0 Å². The van der Waals surface area contributed by atoms with Crippen LogP contribution in [-0.2, 0) is 9.16 Å². The predicted octanol–water partition coefficient (Wildman–Crippen LogP) is 5.08. The van der Waals surface area contributed by atoms with Crippen molar-refractivity contribution in [3.05, 3.63) is 23.8 Å². The first-order valence-electron chi connectivity index (χ1n) is 7.72. The first-order chi connectivity index (χ1) is 9.13. The van der Waals surface area contributed by atoms with Crippen molar-refractivity contribution in [2.75, 3.05) is 13.2 Å². The lowest BCUT2D eigenvalue weighted by molar-refractivity contribution is 0.107. The summed E-state index contributed by atoms with van der Waals surface area (Å²) in [7, 11) is -1.59. The standard InChI is InChI=1S/C17H32O2Si/c1-14(2)13-15-10-12-18-16(15)9-8-11-19-20(6,7)17(3,4)5/h10,16H,1,8-9,11-13H2,2-7H3. The molecular weight excluding hydrogens is 264 g/mol. The van der Waals surface area contributed by atoms with E-state index in [1.807, 2.05) is 0 Å². The molecule has 0 spiro atoms. The molecular formula is C17H32O2Si. The molecule has 0 fully saturated rings. The lowest BCUT2D eigenvalue weighted by atomic mass is 10.0. The van der Waals surface area contributed by atoms with Gasteiger partial charge in [-0.1, -0.05) is 39.0 Å². The molecule has 1 rings (SSSR count). The Labute approximate surface area is 126 Å². The van der Waals surface area contributed by atoms with Crippen molar-refractivity contribution in [1.29, 1.82) is 0 Å². The Morgan fingerprint density at radius 1 is 1.45 bits per heavy atom. The van der Waals surface area contributed by atoms with Crippen LogP contribution in [0.3, 0.4) is 0 Å². The van der Waals surface area contributed by atoms with Crippen LogP contribution >= 0.6 is 0 Å². The van der Waals surface area contributed by atoms with E-state index in [1.165, 1.54) is 11.1 Å². The minimum Gasteiger partial charge on any atom is -0.417 e. The molecule has 0 aliphatic carbocycles. The van der Waals surface area contributed by atoms with Crippen molar-refractivity contribution in [2.24, 2.45) is 0 Å². The highest BCUT2D eigenvalue weighted by molar-refractivity contribution is 6.74. The molecule has 1 aliphatic heterocycles. The van der Waals surface area contributed by atoms with Crippen molar-refractivity contribution >= 4 is 8.32 Å². The lowest BCUT2D eigenvalue weighted by Crippen LogP contribution is -2.41. The zero-order valence-electron chi connectivity index (χ0n) is 14.2. The predicted molar refractivity (Wildman–Crippen MR) is 89.6 cm³/mol. The van der Waals surface area contributed by atoms with E-state index in [1.54, 1.807) is 0 Å². The summed E-state index contributed by atoms with van der Waals surface area (Å²) < 4.78 is 12.0. The topological polar surface area (TPSA) is 18.5 Å². The van der Waals surface area contributed by atoms with Crippen LogP contribution in [0.15, 0.2) is 23.8 Å². The van der Waals surface area contributed by atoms with Crippen LogP contribution in [0.2, 0.25) is 18.1 Å². The van der Waals surface area contributed by atoms with Crippen LogP contribution < -0.4 is 0 Å². The van der Waals surface area contributed by atoms with Crippen LogP contribution in [-0.4, -0.2) is 27.6 Å². The van der Waals surface area contributed by atoms with Crippen LogP contribution in [0.4, 0.5) is 0 Å². The molecule has 0 bridgehead atoms. The van der Waals surface area contributed by atoms with Gasteiger partial charge < -0.3 is 9.16 Å². The molecule has 20 heavy (non-hydrogen) atoms. The molecule has 0 aromatic carbocycles. The van der Waals surface area contributed by atoms with Gasteiger partial charge in [-0.15, -0.1) is 0 Å². The Morgan fingerprint density at radius 3 is 2.65 bits per heavy atom. The van der Waals surface area contributed by atoms with Gasteiger partial charge in [0.15, 0.2) is 8.32 Å². The second-order valence-electron chi connectivity index (χ2n) is 7.49. The Hall–Kier alpha value is -0.383. The van der Waals surface area contributed by atoms with Crippen LogP contribution in [0.1, 0.15) is 47.0 Å². The molecule has 0 radical (unpaired) electrons. The highest BCUT2D eigenvalue weighted by Crippen LogP contribution is 2.36. The molecule has 0 aromatic heterocycles. The van der Waals surface area contributed by atoms with E-state index < -0.39 is 8.32 Å². The molecule has 0 N–H and O–H groups in total. The fourth-order valence-electron chi connectivity index (χ4n) is 2.13. The molecule has 3 heteroatoms. The van der Waals surface area contributed by atoms with Crippen molar-refractivity contribution < 1.29 is 9.16 Å². The van der Waals surface area contributed by atoms with Crippen LogP contribution in [0, 0.1) is 0 Å². The summed E-state index contributed by atoms with van der Waals surface area (Å²) in [5.74, 6) is 0. The molecule has 0 aromatic rings. The van der Waals surface area contributed by atoms with Gasteiger partial charge in [0.05, 0.1) is 12.7 Å². The van der Waals surface area contributed by atoms with E-state index in [2.05, 4.69) is 53.4 Å². The van der Waals surface area contributed by atoms with Gasteiger partial charge in [-0.25, -0.2) is 0 Å². The number of hydrogen-bond donors (Lipinski definition) is 0. The minimum absolute atomic E-state index is 0.287. The zero-order chi connectivity index (χ0) is 15.4. The Morgan fingerprint density at radius 2 is 2.10 bits per heavy atom. The second-order valence-corrected chi connectivity index (χ2v) is 12.3. The van der Waals surface area contributed by atoms with E-state index in [4.69, 9.17) is 9.16 Å². The molecule has 0 saturated heterocycles. The van der Waals surface area contributed by atoms with Crippen molar-refractivity contribution in [3.63, 3.8) is 0 Å². The summed E-state index contributed by atoms with van der Waals surface area (Å²) in [6.07, 6.45) is 5.62. The smallest absolute Gasteiger partial charge is 0.191 e. The summed E-state index contributed by atoms with van der Waals surface area (Å²) in [4.78, 5) is 0. The molecule has 2 nitrogen and oxygen atoms in total. The Balaban J connectivity index is 2.32. The Bertz CT molecular complexity index is 364. The molecule has 1 unspecified atom stereocenters. The molecule has 116 valence electrons. The third-order valence-electron chi connectivity index (χ3n) is 4.44. The molecule has 0 amide bonds.